The van der Waals surface area contributed by atoms with Crippen molar-refractivity contribution in [2.75, 3.05) is 19.7 Å². The molecule has 0 aromatic heterocycles. The smallest absolute Gasteiger partial charge is 0.366 e. The summed E-state index contributed by atoms with van der Waals surface area (Å²) in [5, 5.41) is 0. The summed E-state index contributed by atoms with van der Waals surface area (Å²) in [6.07, 6.45) is -4.51. The number of hydrogen-bond acceptors (Lipinski definition) is 3. The maximum Gasteiger partial charge on any atom is 0.411 e. The summed E-state index contributed by atoms with van der Waals surface area (Å²) in [4.78, 5) is 0. The van der Waals surface area contributed by atoms with E-state index in [0.29, 0.717) is 13.1 Å². The van der Waals surface area contributed by atoms with Crippen molar-refractivity contribution in [2.45, 2.75) is 12.3 Å². The predicted molar refractivity (Wildman–Crippen MR) is 36.4 cm³/mol. The maximum absolute atomic E-state index is 11.5. The van der Waals surface area contributed by atoms with Crippen LogP contribution >= 0.6 is 12.8 Å². The minimum atomic E-state index is -4.21. The maximum atomic E-state index is 11.5. The second-order valence-corrected chi connectivity index (χ2v) is 2.99. The molecule has 0 N–H and O–H groups in total. The molecule has 1 aliphatic heterocycles. The van der Waals surface area contributed by atoms with Crippen LogP contribution in [0.1, 0.15) is 0 Å². The Kier molecular flexibility index (Phi) is 2.66. The van der Waals surface area contributed by atoms with Crippen LogP contribution in [0.15, 0.2) is 0 Å². The number of thiol groups is 1. The molecule has 0 amide bonds. The third-order valence-electron chi connectivity index (χ3n) is 1.31. The molecule has 0 aliphatic carbocycles. The van der Waals surface area contributed by atoms with E-state index in [9.17, 15) is 13.2 Å². The van der Waals surface area contributed by atoms with Crippen molar-refractivity contribution in [3.8, 4) is 0 Å². The number of rotatable bonds is 2. The molecular formula is C5H8F3NOS. The van der Waals surface area contributed by atoms with Gasteiger partial charge in [0.1, 0.15) is 6.61 Å². The van der Waals surface area contributed by atoms with Gasteiger partial charge in [0.25, 0.3) is 0 Å². The quantitative estimate of drug-likeness (QED) is 0.650. The van der Waals surface area contributed by atoms with E-state index in [-0.39, 0.29) is 6.10 Å². The molecule has 0 radical (unpaired) electrons. The van der Waals surface area contributed by atoms with Crippen LogP contribution in [0.25, 0.3) is 0 Å². The largest absolute Gasteiger partial charge is 0.411 e. The molecule has 0 aromatic carbocycles. The van der Waals surface area contributed by atoms with Gasteiger partial charge in [0, 0.05) is 13.1 Å². The zero-order chi connectivity index (χ0) is 8.48. The highest BCUT2D eigenvalue weighted by Gasteiger charge is 2.32. The number of nitrogens with zero attached hydrogens (tertiary/aromatic N) is 1. The van der Waals surface area contributed by atoms with Gasteiger partial charge < -0.3 is 4.74 Å². The highest BCUT2D eigenvalue weighted by atomic mass is 32.1. The van der Waals surface area contributed by atoms with Gasteiger partial charge in [-0.05, 0) is 0 Å². The molecule has 1 rings (SSSR count). The van der Waals surface area contributed by atoms with Crippen LogP contribution in [0.4, 0.5) is 13.2 Å². The first kappa shape index (κ1) is 9.15. The minimum absolute atomic E-state index is 0.297. The molecule has 1 saturated heterocycles. The van der Waals surface area contributed by atoms with Crippen LogP contribution in [0.5, 0.6) is 0 Å². The van der Waals surface area contributed by atoms with Gasteiger partial charge in [-0.1, -0.05) is 12.8 Å². The molecule has 2 nitrogen and oxygen atoms in total. The molecule has 6 heteroatoms. The highest BCUT2D eigenvalue weighted by Crippen LogP contribution is 2.19. The van der Waals surface area contributed by atoms with Crippen LogP contribution in [-0.2, 0) is 4.74 Å². The standard InChI is InChI=1S/C5H8F3NOS/c6-5(7,8)3-10-4-1-9(11)2-4/h4,11H,1-3H2. The summed E-state index contributed by atoms with van der Waals surface area (Å²) in [6.45, 7) is -0.211. The van der Waals surface area contributed by atoms with E-state index in [1.165, 1.54) is 0 Å². The summed E-state index contributed by atoms with van der Waals surface area (Å²) in [5.74, 6) is 0. The number of hydrogen-bond donors (Lipinski definition) is 1. The van der Waals surface area contributed by atoms with E-state index < -0.39 is 12.8 Å². The summed E-state index contributed by atoms with van der Waals surface area (Å²) in [5.41, 5.74) is 0. The average Bonchev–Trinajstić information content (AvgIpc) is 1.75. The summed E-state index contributed by atoms with van der Waals surface area (Å²) >= 11 is 3.88. The normalized spacial score (nSPS) is 21.8. The van der Waals surface area contributed by atoms with Crippen molar-refractivity contribution < 1.29 is 17.9 Å². The van der Waals surface area contributed by atoms with E-state index >= 15 is 0 Å². The van der Waals surface area contributed by atoms with Gasteiger partial charge in [0.2, 0.25) is 0 Å². The third-order valence-corrected chi connectivity index (χ3v) is 1.64. The molecule has 1 aliphatic rings. The van der Waals surface area contributed by atoms with Gasteiger partial charge in [-0.3, -0.25) is 0 Å². The molecule has 0 saturated carbocycles. The van der Waals surface area contributed by atoms with Gasteiger partial charge in [-0.25, -0.2) is 4.31 Å². The van der Waals surface area contributed by atoms with Gasteiger partial charge >= 0.3 is 6.18 Å². The Morgan fingerprint density at radius 3 is 2.36 bits per heavy atom. The summed E-state index contributed by atoms with van der Waals surface area (Å²) in [7, 11) is 0. The van der Waals surface area contributed by atoms with Crippen molar-refractivity contribution in [1.29, 1.82) is 0 Å². The molecule has 1 heterocycles. The van der Waals surface area contributed by atoms with Crippen molar-refractivity contribution in [3.63, 3.8) is 0 Å². The minimum Gasteiger partial charge on any atom is -0.366 e. The molecule has 0 aromatic rings. The Balaban J connectivity index is 2.05. The van der Waals surface area contributed by atoms with E-state index in [0.717, 1.165) is 0 Å². The van der Waals surface area contributed by atoms with Crippen LogP contribution in [0, 0.1) is 0 Å². The van der Waals surface area contributed by atoms with Crippen LogP contribution < -0.4 is 0 Å². The van der Waals surface area contributed by atoms with Gasteiger partial charge in [-0.2, -0.15) is 13.2 Å². The Hall–Kier alpha value is 0.0600. The van der Waals surface area contributed by atoms with Gasteiger partial charge in [-0.15, -0.1) is 0 Å². The first-order chi connectivity index (χ1) is 4.97. The van der Waals surface area contributed by atoms with Crippen LogP contribution in [0.2, 0.25) is 0 Å². The zero-order valence-corrected chi connectivity index (χ0v) is 6.53. The fourth-order valence-corrected chi connectivity index (χ4v) is 1.10. The van der Waals surface area contributed by atoms with Gasteiger partial charge in [0.05, 0.1) is 6.10 Å². The topological polar surface area (TPSA) is 12.5 Å². The lowest BCUT2D eigenvalue weighted by molar-refractivity contribution is -0.193. The van der Waals surface area contributed by atoms with Crippen molar-refractivity contribution >= 4 is 12.8 Å². The average molecular weight is 187 g/mol. The molecule has 0 unspecified atom stereocenters. The number of ether oxygens (including phenoxy) is 1. The van der Waals surface area contributed by atoms with Crippen molar-refractivity contribution in [1.82, 2.24) is 4.31 Å². The van der Waals surface area contributed by atoms with E-state index in [1.54, 1.807) is 4.31 Å². The monoisotopic (exact) mass is 187 g/mol. The van der Waals surface area contributed by atoms with E-state index in [2.05, 4.69) is 17.6 Å². The molecule has 0 spiro atoms. The SMILES string of the molecule is FC(F)(F)COC1CN(S)C1. The molecule has 1 fully saturated rings. The highest BCUT2D eigenvalue weighted by molar-refractivity contribution is 7.77. The van der Waals surface area contributed by atoms with E-state index in [1.807, 2.05) is 0 Å². The van der Waals surface area contributed by atoms with Crippen molar-refractivity contribution in [3.05, 3.63) is 0 Å². The second-order valence-electron chi connectivity index (χ2n) is 2.42. The predicted octanol–water partition coefficient (Wildman–Crippen LogP) is 1.09. The van der Waals surface area contributed by atoms with Gasteiger partial charge in [0.15, 0.2) is 0 Å². The summed E-state index contributed by atoms with van der Waals surface area (Å²) < 4.78 is 40.6. The molecule has 0 bridgehead atoms. The lowest BCUT2D eigenvalue weighted by Gasteiger charge is -2.34. The Morgan fingerprint density at radius 2 is 2.00 bits per heavy atom. The van der Waals surface area contributed by atoms with Crippen LogP contribution in [0.3, 0.4) is 0 Å². The Bertz CT molecular complexity index is 134. The fourth-order valence-electron chi connectivity index (χ4n) is 0.734. The fraction of sp³-hybridized carbons (Fsp3) is 1.00. The lowest BCUT2D eigenvalue weighted by Crippen LogP contribution is -2.47. The summed E-state index contributed by atoms with van der Waals surface area (Å²) in [6, 6.07) is 0. The number of halogens is 3. The third kappa shape index (κ3) is 3.31. The lowest BCUT2D eigenvalue weighted by atomic mass is 10.2. The van der Waals surface area contributed by atoms with Crippen LogP contribution in [-0.4, -0.2) is 36.3 Å². The first-order valence-corrected chi connectivity index (χ1v) is 3.49. The Labute approximate surface area is 67.9 Å². The molecular weight excluding hydrogens is 179 g/mol. The zero-order valence-electron chi connectivity index (χ0n) is 5.64. The second kappa shape index (κ2) is 3.20. The molecule has 66 valence electrons. The Morgan fingerprint density at radius 1 is 1.45 bits per heavy atom. The first-order valence-electron chi connectivity index (χ1n) is 3.09. The van der Waals surface area contributed by atoms with Crippen molar-refractivity contribution in [2.24, 2.45) is 0 Å². The van der Waals surface area contributed by atoms with E-state index in [4.69, 9.17) is 0 Å². The number of alkyl halides is 3. The molecule has 0 atom stereocenters. The molecule has 11 heavy (non-hydrogen) atoms.